The first-order valence-electron chi connectivity index (χ1n) is 4.55. The molecule has 0 aliphatic rings. The molecule has 0 atom stereocenters. The van der Waals surface area contributed by atoms with Gasteiger partial charge in [-0.1, -0.05) is 13.8 Å². The minimum atomic E-state index is -4.67. The van der Waals surface area contributed by atoms with Crippen LogP contribution < -0.4 is 0 Å². The van der Waals surface area contributed by atoms with Crippen molar-refractivity contribution >= 4 is 10.4 Å². The minimum Gasteiger partial charge on any atom is -0.351 e. The smallest absolute Gasteiger partial charge is 0.351 e. The molecule has 4 N–H and O–H groups in total. The van der Waals surface area contributed by atoms with Crippen molar-refractivity contribution in [1.29, 1.82) is 0 Å². The molecule has 8 nitrogen and oxygen atoms in total. The van der Waals surface area contributed by atoms with Crippen molar-refractivity contribution in [3.63, 3.8) is 0 Å². The van der Waals surface area contributed by atoms with Crippen LogP contribution in [-0.2, 0) is 10.4 Å². The van der Waals surface area contributed by atoms with Gasteiger partial charge in [0, 0.05) is 24.8 Å². The predicted octanol–water partition coefficient (Wildman–Crippen LogP) is 1.19. The summed E-state index contributed by atoms with van der Waals surface area (Å²) in [7, 11) is -4.67. The van der Waals surface area contributed by atoms with Crippen LogP contribution in [0.25, 0.3) is 0 Å². The number of aromatic nitrogens is 4. The molecule has 2 aromatic rings. The average Bonchev–Trinajstić information content (AvgIpc) is 2.97. The molecule has 2 rings (SSSR count). The zero-order chi connectivity index (χ0) is 13.6. The molecule has 0 aliphatic carbocycles. The van der Waals surface area contributed by atoms with Crippen molar-refractivity contribution in [2.75, 3.05) is 0 Å². The molecule has 0 saturated heterocycles. The van der Waals surface area contributed by atoms with Crippen LogP contribution in [-0.4, -0.2) is 37.5 Å². The second kappa shape index (κ2) is 12.4. The third kappa shape index (κ3) is 31.4. The molecule has 0 unspecified atom stereocenters. The molecular weight excluding hydrogens is 248 g/mol. The maximum Gasteiger partial charge on any atom is 0.394 e. The zero-order valence-corrected chi connectivity index (χ0v) is 10.3. The topological polar surface area (TPSA) is 132 Å². The van der Waals surface area contributed by atoms with Gasteiger partial charge in [0.1, 0.15) is 0 Å². The highest BCUT2D eigenvalue weighted by Gasteiger charge is 1.84. The summed E-state index contributed by atoms with van der Waals surface area (Å²) >= 11 is 0. The Morgan fingerprint density at radius 3 is 1.29 bits per heavy atom. The summed E-state index contributed by atoms with van der Waals surface area (Å²) in [5, 5.41) is 0. The monoisotopic (exact) mass is 264 g/mol. The van der Waals surface area contributed by atoms with Crippen molar-refractivity contribution < 1.29 is 17.5 Å². The normalized spacial score (nSPS) is 8.47. The lowest BCUT2D eigenvalue weighted by molar-refractivity contribution is 0.381. The number of imidazole rings is 2. The van der Waals surface area contributed by atoms with Gasteiger partial charge in [-0.05, 0) is 0 Å². The SMILES string of the molecule is CC.O=S(=O)(O)O.c1c[nH]cn1.c1c[nH]cn1. The van der Waals surface area contributed by atoms with Crippen LogP contribution in [0.3, 0.4) is 0 Å². The second-order valence-electron chi connectivity index (χ2n) is 1.97. The number of aromatic amines is 2. The number of nitrogens with one attached hydrogen (secondary N) is 2. The van der Waals surface area contributed by atoms with E-state index in [1.807, 2.05) is 13.8 Å². The van der Waals surface area contributed by atoms with E-state index in [0.29, 0.717) is 0 Å². The number of hydrogen-bond acceptors (Lipinski definition) is 4. The van der Waals surface area contributed by atoms with Crippen LogP contribution in [0.2, 0.25) is 0 Å². The summed E-state index contributed by atoms with van der Waals surface area (Å²) in [5.41, 5.74) is 0. The van der Waals surface area contributed by atoms with E-state index in [9.17, 15) is 0 Å². The lowest BCUT2D eigenvalue weighted by atomic mass is 11.0. The molecule has 98 valence electrons. The summed E-state index contributed by atoms with van der Waals surface area (Å²) in [6.07, 6.45) is 10.2. The Labute approximate surface area is 99.7 Å². The molecule has 0 amide bonds. The fourth-order valence-electron chi connectivity index (χ4n) is 0.430. The van der Waals surface area contributed by atoms with Gasteiger partial charge < -0.3 is 9.97 Å². The van der Waals surface area contributed by atoms with E-state index in [0.717, 1.165) is 0 Å². The molecule has 9 heteroatoms. The van der Waals surface area contributed by atoms with Gasteiger partial charge in [0.15, 0.2) is 0 Å². The number of H-pyrrole nitrogens is 2. The Morgan fingerprint density at radius 1 is 0.941 bits per heavy atom. The van der Waals surface area contributed by atoms with E-state index in [-0.39, 0.29) is 0 Å². The molecule has 17 heavy (non-hydrogen) atoms. The number of nitrogens with zero attached hydrogens (tertiary/aromatic N) is 2. The van der Waals surface area contributed by atoms with Crippen LogP contribution in [0.5, 0.6) is 0 Å². The van der Waals surface area contributed by atoms with E-state index in [1.54, 1.807) is 37.4 Å². The molecule has 0 spiro atoms. The number of hydrogen-bond donors (Lipinski definition) is 4. The predicted molar refractivity (Wildman–Crippen MR) is 62.7 cm³/mol. The molecule has 2 heterocycles. The van der Waals surface area contributed by atoms with Gasteiger partial charge in [0.05, 0.1) is 12.7 Å². The molecule has 2 aromatic heterocycles. The molecular formula is C8H16N4O4S. The Kier molecular flexibility index (Phi) is 12.9. The Morgan fingerprint density at radius 2 is 1.24 bits per heavy atom. The van der Waals surface area contributed by atoms with Crippen molar-refractivity contribution in [3.8, 4) is 0 Å². The van der Waals surface area contributed by atoms with Gasteiger partial charge in [0.2, 0.25) is 0 Å². The maximum absolute atomic E-state index is 8.74. The summed E-state index contributed by atoms with van der Waals surface area (Å²) in [4.78, 5) is 12.8. The van der Waals surface area contributed by atoms with E-state index in [4.69, 9.17) is 17.5 Å². The third-order valence-electron chi connectivity index (χ3n) is 0.812. The van der Waals surface area contributed by atoms with E-state index in [2.05, 4.69) is 19.9 Å². The van der Waals surface area contributed by atoms with Gasteiger partial charge in [-0.15, -0.1) is 0 Å². The summed E-state index contributed by atoms with van der Waals surface area (Å²) in [6.45, 7) is 4.00. The van der Waals surface area contributed by atoms with Gasteiger partial charge in [-0.25, -0.2) is 9.97 Å². The lowest BCUT2D eigenvalue weighted by Crippen LogP contribution is -1.89. The molecule has 0 fully saturated rings. The summed E-state index contributed by atoms with van der Waals surface area (Å²) < 4.78 is 31.6. The maximum atomic E-state index is 8.74. The Hall–Kier alpha value is -1.71. The van der Waals surface area contributed by atoms with Crippen LogP contribution in [0.4, 0.5) is 0 Å². The van der Waals surface area contributed by atoms with Crippen molar-refractivity contribution in [2.45, 2.75) is 13.8 Å². The third-order valence-corrected chi connectivity index (χ3v) is 0.812. The van der Waals surface area contributed by atoms with Crippen LogP contribution in [0, 0.1) is 0 Å². The van der Waals surface area contributed by atoms with Crippen molar-refractivity contribution in [1.82, 2.24) is 19.9 Å². The zero-order valence-electron chi connectivity index (χ0n) is 9.48. The Balaban J connectivity index is 0. The summed E-state index contributed by atoms with van der Waals surface area (Å²) in [6, 6.07) is 0. The lowest BCUT2D eigenvalue weighted by Gasteiger charge is -1.68. The van der Waals surface area contributed by atoms with E-state index < -0.39 is 10.4 Å². The number of rotatable bonds is 0. The first-order valence-corrected chi connectivity index (χ1v) is 5.95. The van der Waals surface area contributed by atoms with Gasteiger partial charge in [0.25, 0.3) is 0 Å². The van der Waals surface area contributed by atoms with Gasteiger partial charge >= 0.3 is 10.4 Å². The van der Waals surface area contributed by atoms with Crippen LogP contribution in [0.1, 0.15) is 13.8 Å². The van der Waals surface area contributed by atoms with Crippen LogP contribution in [0.15, 0.2) is 37.4 Å². The van der Waals surface area contributed by atoms with E-state index in [1.165, 1.54) is 0 Å². The van der Waals surface area contributed by atoms with E-state index >= 15 is 0 Å². The quantitative estimate of drug-likeness (QED) is 0.528. The largest absolute Gasteiger partial charge is 0.394 e. The molecule has 0 radical (unpaired) electrons. The van der Waals surface area contributed by atoms with Gasteiger partial charge in [-0.2, -0.15) is 8.42 Å². The molecule has 0 saturated carbocycles. The second-order valence-corrected chi connectivity index (χ2v) is 2.86. The van der Waals surface area contributed by atoms with Crippen LogP contribution >= 0.6 is 0 Å². The van der Waals surface area contributed by atoms with Crippen molar-refractivity contribution in [2.24, 2.45) is 0 Å². The molecule has 0 bridgehead atoms. The fourth-order valence-corrected chi connectivity index (χ4v) is 0.430. The highest BCUT2D eigenvalue weighted by molar-refractivity contribution is 7.79. The van der Waals surface area contributed by atoms with Crippen molar-refractivity contribution in [3.05, 3.63) is 37.4 Å². The average molecular weight is 264 g/mol. The highest BCUT2D eigenvalue weighted by atomic mass is 32.3. The Bertz CT molecular complexity index is 330. The fraction of sp³-hybridized carbons (Fsp3) is 0.250. The van der Waals surface area contributed by atoms with Gasteiger partial charge in [-0.3, -0.25) is 9.11 Å². The first kappa shape index (κ1) is 17.7. The standard InChI is InChI=1S/2C3H4N2.C2H6.H2O4S/c2*1-2-5-3-4-1;1-2;1-5(2,3)4/h2*1-3H,(H,4,5);1-2H3;(H2,1,2,3,4). The molecule has 0 aliphatic heterocycles. The highest BCUT2D eigenvalue weighted by Crippen LogP contribution is 1.63. The molecule has 0 aromatic carbocycles. The summed E-state index contributed by atoms with van der Waals surface area (Å²) in [5.74, 6) is 0. The minimum absolute atomic E-state index is 1.62. The first-order chi connectivity index (χ1) is 8.00.